The first kappa shape index (κ1) is 11.0. The molecule has 0 bridgehead atoms. The van der Waals surface area contributed by atoms with Crippen molar-refractivity contribution in [1.29, 1.82) is 0 Å². The number of hydrogen-bond donors (Lipinski definition) is 1. The maximum atomic E-state index is 5.13. The molecular formula is C11H9N5OS. The van der Waals surface area contributed by atoms with E-state index in [1.165, 1.54) is 6.39 Å². The van der Waals surface area contributed by atoms with E-state index in [0.717, 1.165) is 17.0 Å². The molecule has 0 fully saturated rings. The lowest BCUT2D eigenvalue weighted by atomic mass is 10.1. The van der Waals surface area contributed by atoms with Crippen molar-refractivity contribution >= 4 is 12.6 Å². The number of thiol groups is 1. The lowest BCUT2D eigenvalue weighted by Crippen LogP contribution is -1.93. The Morgan fingerprint density at radius 1 is 1.06 bits per heavy atom. The fourth-order valence-corrected chi connectivity index (χ4v) is 1.77. The molecule has 2 aromatic heterocycles. The summed E-state index contributed by atoms with van der Waals surface area (Å²) in [6, 6.07) is 7.65. The van der Waals surface area contributed by atoms with Crippen LogP contribution < -0.4 is 0 Å². The Hall–Kier alpha value is -2.15. The lowest BCUT2D eigenvalue weighted by molar-refractivity contribution is 0.568. The Morgan fingerprint density at radius 3 is 2.33 bits per heavy atom. The summed E-state index contributed by atoms with van der Waals surface area (Å²) >= 11 is 4.19. The molecule has 0 unspecified atom stereocenters. The SMILES string of the molecule is Cn1c(S)nnc1-c1ccc(-c2nnco2)cc1. The van der Waals surface area contributed by atoms with E-state index in [9.17, 15) is 0 Å². The number of rotatable bonds is 2. The molecule has 90 valence electrons. The molecule has 0 saturated heterocycles. The maximum Gasteiger partial charge on any atom is 0.247 e. The van der Waals surface area contributed by atoms with Gasteiger partial charge in [0.15, 0.2) is 11.0 Å². The molecule has 0 radical (unpaired) electrons. The van der Waals surface area contributed by atoms with Gasteiger partial charge in [0, 0.05) is 18.2 Å². The predicted octanol–water partition coefficient (Wildman–Crippen LogP) is 1.82. The largest absolute Gasteiger partial charge is 0.423 e. The van der Waals surface area contributed by atoms with Gasteiger partial charge < -0.3 is 8.98 Å². The molecule has 18 heavy (non-hydrogen) atoms. The van der Waals surface area contributed by atoms with Crippen LogP contribution in [0.15, 0.2) is 40.2 Å². The lowest BCUT2D eigenvalue weighted by Gasteiger charge is -2.01. The summed E-state index contributed by atoms with van der Waals surface area (Å²) in [7, 11) is 1.86. The summed E-state index contributed by atoms with van der Waals surface area (Å²) in [4.78, 5) is 0. The molecule has 2 heterocycles. The molecule has 3 aromatic rings. The van der Waals surface area contributed by atoms with Gasteiger partial charge in [-0.3, -0.25) is 0 Å². The van der Waals surface area contributed by atoms with Gasteiger partial charge in [0.1, 0.15) is 0 Å². The first-order chi connectivity index (χ1) is 8.75. The average molecular weight is 259 g/mol. The van der Waals surface area contributed by atoms with E-state index >= 15 is 0 Å². The molecule has 0 spiro atoms. The van der Waals surface area contributed by atoms with Crippen molar-refractivity contribution in [3.05, 3.63) is 30.7 Å². The number of nitrogens with zero attached hydrogens (tertiary/aromatic N) is 5. The van der Waals surface area contributed by atoms with Crippen molar-refractivity contribution in [2.45, 2.75) is 5.16 Å². The average Bonchev–Trinajstić information content (AvgIpc) is 3.02. The molecule has 7 heteroatoms. The summed E-state index contributed by atoms with van der Waals surface area (Å²) < 4.78 is 6.94. The molecule has 0 saturated carbocycles. The third-order valence-electron chi connectivity index (χ3n) is 2.60. The first-order valence-electron chi connectivity index (χ1n) is 5.21. The Kier molecular flexibility index (Phi) is 2.60. The van der Waals surface area contributed by atoms with Gasteiger partial charge in [-0.15, -0.1) is 33.0 Å². The van der Waals surface area contributed by atoms with Crippen molar-refractivity contribution in [1.82, 2.24) is 25.0 Å². The third-order valence-corrected chi connectivity index (χ3v) is 2.99. The first-order valence-corrected chi connectivity index (χ1v) is 5.66. The molecule has 0 aliphatic carbocycles. The van der Waals surface area contributed by atoms with Gasteiger partial charge in [-0.25, -0.2) is 0 Å². The topological polar surface area (TPSA) is 69.6 Å². The highest BCUT2D eigenvalue weighted by Gasteiger charge is 2.09. The smallest absolute Gasteiger partial charge is 0.247 e. The second kappa shape index (κ2) is 4.26. The van der Waals surface area contributed by atoms with Gasteiger partial charge in [0.25, 0.3) is 0 Å². The zero-order chi connectivity index (χ0) is 12.5. The van der Waals surface area contributed by atoms with E-state index in [1.807, 2.05) is 35.9 Å². The fourth-order valence-electron chi connectivity index (χ4n) is 1.63. The Balaban J connectivity index is 1.99. The van der Waals surface area contributed by atoms with Gasteiger partial charge in [0.2, 0.25) is 12.3 Å². The molecule has 0 aliphatic heterocycles. The molecular weight excluding hydrogens is 250 g/mol. The third kappa shape index (κ3) is 1.78. The van der Waals surface area contributed by atoms with Crippen LogP contribution in [-0.4, -0.2) is 25.0 Å². The minimum Gasteiger partial charge on any atom is -0.423 e. The van der Waals surface area contributed by atoms with Gasteiger partial charge in [0.05, 0.1) is 0 Å². The van der Waals surface area contributed by atoms with Gasteiger partial charge in [-0.1, -0.05) is 12.1 Å². The van der Waals surface area contributed by atoms with E-state index in [2.05, 4.69) is 33.0 Å². The quantitative estimate of drug-likeness (QED) is 0.711. The summed E-state index contributed by atoms with van der Waals surface area (Å²) in [5, 5.41) is 16.0. The van der Waals surface area contributed by atoms with E-state index in [4.69, 9.17) is 4.42 Å². The van der Waals surface area contributed by atoms with E-state index in [0.29, 0.717) is 11.0 Å². The zero-order valence-corrected chi connectivity index (χ0v) is 10.4. The monoisotopic (exact) mass is 259 g/mol. The predicted molar refractivity (Wildman–Crippen MR) is 67.0 cm³/mol. The second-order valence-electron chi connectivity index (χ2n) is 3.70. The highest BCUT2D eigenvalue weighted by Crippen LogP contribution is 2.22. The van der Waals surface area contributed by atoms with Crippen LogP contribution in [0, 0.1) is 0 Å². The van der Waals surface area contributed by atoms with Crippen LogP contribution in [0.5, 0.6) is 0 Å². The van der Waals surface area contributed by atoms with Crippen LogP contribution in [0.1, 0.15) is 0 Å². The zero-order valence-electron chi connectivity index (χ0n) is 9.48. The molecule has 0 aliphatic rings. The Labute approximate surface area is 108 Å². The molecule has 3 rings (SSSR count). The van der Waals surface area contributed by atoms with Gasteiger partial charge in [-0.2, -0.15) is 0 Å². The highest BCUT2D eigenvalue weighted by molar-refractivity contribution is 7.80. The van der Waals surface area contributed by atoms with Crippen molar-refractivity contribution in [3.8, 4) is 22.8 Å². The van der Waals surface area contributed by atoms with E-state index in [-0.39, 0.29) is 0 Å². The standard InChI is InChI=1S/C11H9N5OS/c1-16-9(13-15-11(16)18)7-2-4-8(5-3-7)10-14-12-6-17-10/h2-6H,1H3,(H,15,18). The highest BCUT2D eigenvalue weighted by atomic mass is 32.1. The molecule has 0 atom stereocenters. The molecule has 0 amide bonds. The fraction of sp³-hybridized carbons (Fsp3) is 0.0909. The minimum absolute atomic E-state index is 0.495. The summed E-state index contributed by atoms with van der Waals surface area (Å²) in [6.45, 7) is 0. The Morgan fingerprint density at radius 2 is 1.78 bits per heavy atom. The van der Waals surface area contributed by atoms with E-state index < -0.39 is 0 Å². The number of aromatic nitrogens is 5. The summed E-state index contributed by atoms with van der Waals surface area (Å²) in [6.07, 6.45) is 1.30. The normalized spacial score (nSPS) is 10.8. The van der Waals surface area contributed by atoms with Crippen molar-refractivity contribution in [3.63, 3.8) is 0 Å². The van der Waals surface area contributed by atoms with Gasteiger partial charge in [-0.05, 0) is 12.1 Å². The van der Waals surface area contributed by atoms with Gasteiger partial charge >= 0.3 is 0 Å². The van der Waals surface area contributed by atoms with Crippen LogP contribution in [0.25, 0.3) is 22.8 Å². The van der Waals surface area contributed by atoms with Crippen LogP contribution in [0.3, 0.4) is 0 Å². The van der Waals surface area contributed by atoms with Crippen molar-refractivity contribution in [2.75, 3.05) is 0 Å². The molecule has 6 nitrogen and oxygen atoms in total. The summed E-state index contributed by atoms with van der Waals surface area (Å²) in [5.41, 5.74) is 1.82. The number of benzene rings is 1. The maximum absolute atomic E-state index is 5.13. The van der Waals surface area contributed by atoms with Crippen molar-refractivity contribution < 1.29 is 4.42 Å². The van der Waals surface area contributed by atoms with Crippen LogP contribution in [0.4, 0.5) is 0 Å². The van der Waals surface area contributed by atoms with Crippen LogP contribution in [0.2, 0.25) is 0 Å². The van der Waals surface area contributed by atoms with Crippen LogP contribution in [-0.2, 0) is 7.05 Å². The Bertz CT molecular complexity index is 659. The second-order valence-corrected chi connectivity index (χ2v) is 4.10. The summed E-state index contributed by atoms with van der Waals surface area (Å²) in [5.74, 6) is 1.26. The molecule has 1 aromatic carbocycles. The van der Waals surface area contributed by atoms with E-state index in [1.54, 1.807) is 0 Å². The van der Waals surface area contributed by atoms with Crippen LogP contribution >= 0.6 is 12.6 Å². The number of hydrogen-bond acceptors (Lipinski definition) is 6. The molecule has 0 N–H and O–H groups in total. The van der Waals surface area contributed by atoms with Crippen molar-refractivity contribution in [2.24, 2.45) is 7.05 Å². The minimum atomic E-state index is 0.495.